The first kappa shape index (κ1) is 23.6. The van der Waals surface area contributed by atoms with Crippen molar-refractivity contribution in [3.63, 3.8) is 0 Å². The third kappa shape index (κ3) is 6.98. The van der Waals surface area contributed by atoms with Crippen molar-refractivity contribution in [2.24, 2.45) is 5.92 Å². The number of fused-ring (bicyclic) bond motifs is 2. The van der Waals surface area contributed by atoms with Crippen molar-refractivity contribution in [1.82, 2.24) is 29.6 Å². The molecule has 0 spiro atoms. The molecular formula is C24H44N6. The van der Waals surface area contributed by atoms with E-state index >= 15 is 0 Å². The standard InChI is InChI=1S/C14H24N4.C10H20N2/c1-13(2)3-4-17-5-7-18(8-6-17)11-14-9-15-12-16-10-14;1-8(2)12-6-9-4-5-10(7-12)11(9)3/h9-10,12-13H,3-8,11H2,1-2H3;8-10H,4-7H2,1-3H3. The summed E-state index contributed by atoms with van der Waals surface area (Å²) in [6, 6.07) is 2.44. The van der Waals surface area contributed by atoms with Crippen LogP contribution in [0.2, 0.25) is 0 Å². The molecule has 0 saturated carbocycles. The van der Waals surface area contributed by atoms with Crippen LogP contribution in [0.15, 0.2) is 18.7 Å². The average Bonchev–Trinajstić information content (AvgIpc) is 2.94. The number of hydrogen-bond acceptors (Lipinski definition) is 6. The van der Waals surface area contributed by atoms with E-state index in [4.69, 9.17) is 0 Å². The van der Waals surface area contributed by atoms with E-state index in [9.17, 15) is 0 Å². The van der Waals surface area contributed by atoms with Crippen LogP contribution in [0.3, 0.4) is 0 Å². The molecule has 2 unspecified atom stereocenters. The van der Waals surface area contributed by atoms with Gasteiger partial charge in [0.25, 0.3) is 0 Å². The van der Waals surface area contributed by atoms with Crippen LogP contribution in [-0.2, 0) is 6.54 Å². The lowest BCUT2D eigenvalue weighted by Gasteiger charge is -2.40. The molecule has 2 bridgehead atoms. The van der Waals surface area contributed by atoms with Gasteiger partial charge in [0.1, 0.15) is 6.33 Å². The van der Waals surface area contributed by atoms with Gasteiger partial charge in [0.05, 0.1) is 0 Å². The van der Waals surface area contributed by atoms with Crippen LogP contribution >= 0.6 is 0 Å². The molecule has 0 aliphatic carbocycles. The molecule has 0 radical (unpaired) electrons. The van der Waals surface area contributed by atoms with Gasteiger partial charge in [-0.2, -0.15) is 0 Å². The zero-order valence-electron chi connectivity index (χ0n) is 20.0. The number of likely N-dealkylation sites (N-methyl/N-ethyl adjacent to an activating group) is 1. The Hall–Kier alpha value is -1.08. The molecule has 3 aliphatic rings. The van der Waals surface area contributed by atoms with Crippen LogP contribution < -0.4 is 0 Å². The highest BCUT2D eigenvalue weighted by Crippen LogP contribution is 2.28. The Kier molecular flexibility index (Phi) is 9.05. The first-order chi connectivity index (χ1) is 14.4. The zero-order chi connectivity index (χ0) is 21.5. The quantitative estimate of drug-likeness (QED) is 0.710. The topological polar surface area (TPSA) is 38.7 Å². The molecule has 30 heavy (non-hydrogen) atoms. The molecule has 0 N–H and O–H groups in total. The van der Waals surface area contributed by atoms with Crippen LogP contribution in [0.1, 0.15) is 52.5 Å². The van der Waals surface area contributed by atoms with E-state index in [1.807, 2.05) is 12.4 Å². The number of aromatic nitrogens is 2. The Bertz CT molecular complexity index is 585. The number of hydrogen-bond donors (Lipinski definition) is 0. The van der Waals surface area contributed by atoms with Gasteiger partial charge in [-0.15, -0.1) is 0 Å². The fraction of sp³-hybridized carbons (Fsp3) is 0.833. The van der Waals surface area contributed by atoms with Crippen molar-refractivity contribution >= 4 is 0 Å². The number of piperazine rings is 2. The second-order valence-corrected chi connectivity index (χ2v) is 10.1. The fourth-order valence-electron chi connectivity index (χ4n) is 4.85. The normalized spacial score (nSPS) is 26.2. The van der Waals surface area contributed by atoms with Crippen molar-refractivity contribution in [1.29, 1.82) is 0 Å². The molecule has 1 aromatic heterocycles. The highest BCUT2D eigenvalue weighted by Gasteiger charge is 2.37. The Labute approximate surface area is 184 Å². The summed E-state index contributed by atoms with van der Waals surface area (Å²) in [5.74, 6) is 0.810. The fourth-order valence-corrected chi connectivity index (χ4v) is 4.85. The van der Waals surface area contributed by atoms with Crippen LogP contribution in [0, 0.1) is 5.92 Å². The van der Waals surface area contributed by atoms with Crippen LogP contribution in [0.5, 0.6) is 0 Å². The maximum atomic E-state index is 4.07. The van der Waals surface area contributed by atoms with Gasteiger partial charge < -0.3 is 4.90 Å². The van der Waals surface area contributed by atoms with E-state index in [0.717, 1.165) is 43.7 Å². The molecule has 4 rings (SSSR count). The van der Waals surface area contributed by atoms with Crippen LogP contribution in [0.25, 0.3) is 0 Å². The third-order valence-electron chi connectivity index (χ3n) is 7.11. The van der Waals surface area contributed by atoms with Gasteiger partial charge in [-0.25, -0.2) is 9.97 Å². The smallest absolute Gasteiger partial charge is 0.115 e. The van der Waals surface area contributed by atoms with E-state index < -0.39 is 0 Å². The maximum Gasteiger partial charge on any atom is 0.115 e. The molecule has 170 valence electrons. The average molecular weight is 417 g/mol. The largest absolute Gasteiger partial charge is 0.301 e. The molecule has 0 aromatic carbocycles. The zero-order valence-corrected chi connectivity index (χ0v) is 20.0. The lowest BCUT2D eigenvalue weighted by Crippen LogP contribution is -2.53. The van der Waals surface area contributed by atoms with E-state index in [2.05, 4.69) is 64.3 Å². The van der Waals surface area contributed by atoms with E-state index in [0.29, 0.717) is 0 Å². The Morgan fingerprint density at radius 1 is 0.900 bits per heavy atom. The molecule has 2 atom stereocenters. The van der Waals surface area contributed by atoms with Gasteiger partial charge in [0.2, 0.25) is 0 Å². The lowest BCUT2D eigenvalue weighted by atomic mass is 10.1. The molecule has 0 amide bonds. The summed E-state index contributed by atoms with van der Waals surface area (Å²) in [5, 5.41) is 0. The van der Waals surface area contributed by atoms with Gasteiger partial charge in [0.15, 0.2) is 0 Å². The van der Waals surface area contributed by atoms with E-state index in [-0.39, 0.29) is 0 Å². The van der Waals surface area contributed by atoms with E-state index in [1.54, 1.807) is 6.33 Å². The van der Waals surface area contributed by atoms with Crippen molar-refractivity contribution in [3.05, 3.63) is 24.3 Å². The van der Waals surface area contributed by atoms with Crippen molar-refractivity contribution in [3.8, 4) is 0 Å². The highest BCUT2D eigenvalue weighted by molar-refractivity contribution is 5.02. The molecule has 4 heterocycles. The van der Waals surface area contributed by atoms with Crippen molar-refractivity contribution < 1.29 is 0 Å². The van der Waals surface area contributed by atoms with Gasteiger partial charge in [-0.1, -0.05) is 13.8 Å². The summed E-state index contributed by atoms with van der Waals surface area (Å²) in [6.07, 6.45) is 9.57. The van der Waals surface area contributed by atoms with Crippen LogP contribution in [-0.4, -0.2) is 101 Å². The second-order valence-electron chi connectivity index (χ2n) is 10.1. The first-order valence-electron chi connectivity index (χ1n) is 12.1. The summed E-state index contributed by atoms with van der Waals surface area (Å²) >= 11 is 0. The second kappa shape index (κ2) is 11.5. The summed E-state index contributed by atoms with van der Waals surface area (Å²) in [6.45, 7) is 18.8. The predicted molar refractivity (Wildman–Crippen MR) is 124 cm³/mol. The summed E-state index contributed by atoms with van der Waals surface area (Å²) < 4.78 is 0. The minimum atomic E-state index is 0.738. The Morgan fingerprint density at radius 2 is 1.47 bits per heavy atom. The van der Waals surface area contributed by atoms with Gasteiger partial charge >= 0.3 is 0 Å². The molecular weight excluding hydrogens is 372 g/mol. The van der Waals surface area contributed by atoms with Gasteiger partial charge in [-0.05, 0) is 52.6 Å². The third-order valence-corrected chi connectivity index (χ3v) is 7.11. The monoisotopic (exact) mass is 416 g/mol. The molecule has 3 saturated heterocycles. The Balaban J connectivity index is 0.000000184. The molecule has 6 nitrogen and oxygen atoms in total. The first-order valence-corrected chi connectivity index (χ1v) is 12.1. The summed E-state index contributed by atoms with van der Waals surface area (Å²) in [5.41, 5.74) is 1.22. The molecule has 3 fully saturated rings. The van der Waals surface area contributed by atoms with E-state index in [1.165, 1.54) is 57.5 Å². The number of nitrogens with zero attached hydrogens (tertiary/aromatic N) is 6. The van der Waals surface area contributed by atoms with Crippen molar-refractivity contribution in [2.45, 2.75) is 71.6 Å². The number of rotatable bonds is 6. The van der Waals surface area contributed by atoms with Crippen molar-refractivity contribution in [2.75, 3.05) is 52.9 Å². The maximum absolute atomic E-state index is 4.07. The SMILES string of the molecule is CC(C)CCN1CCN(Cc2cncnc2)CC1.CC(C)N1CC2CCC(C1)N2C. The van der Waals surface area contributed by atoms with Gasteiger partial charge in [0, 0.05) is 81.9 Å². The van der Waals surface area contributed by atoms with Crippen LogP contribution in [0.4, 0.5) is 0 Å². The minimum absolute atomic E-state index is 0.738. The minimum Gasteiger partial charge on any atom is -0.301 e. The molecule has 3 aliphatic heterocycles. The number of likely N-dealkylation sites (tertiary alicyclic amines) is 1. The summed E-state index contributed by atoms with van der Waals surface area (Å²) in [7, 11) is 2.29. The lowest BCUT2D eigenvalue weighted by molar-refractivity contribution is 0.0682. The highest BCUT2D eigenvalue weighted by atomic mass is 15.3. The molecule has 1 aromatic rings. The molecule has 6 heteroatoms. The summed E-state index contributed by atoms with van der Waals surface area (Å²) in [4.78, 5) is 18.4. The van der Waals surface area contributed by atoms with Gasteiger partial charge in [-0.3, -0.25) is 14.7 Å². The Morgan fingerprint density at radius 3 is 2.00 bits per heavy atom. The predicted octanol–water partition coefficient (Wildman–Crippen LogP) is 2.81.